The van der Waals surface area contributed by atoms with Crippen LogP contribution in [0.2, 0.25) is 10.0 Å². The number of imide groups is 1. The first kappa shape index (κ1) is 17.7. The van der Waals surface area contributed by atoms with Crippen LogP contribution >= 0.6 is 23.2 Å². The van der Waals surface area contributed by atoms with Crippen molar-refractivity contribution in [3.8, 4) is 0 Å². The summed E-state index contributed by atoms with van der Waals surface area (Å²) in [5.41, 5.74) is 0.483. The molecule has 21 heavy (non-hydrogen) atoms. The van der Waals surface area contributed by atoms with Crippen LogP contribution in [0.25, 0.3) is 0 Å². The molecular formula is C12H14Cl2N2O4S. The molecule has 0 saturated carbocycles. The molecule has 0 saturated heterocycles. The SMILES string of the molecule is CNC(=O)NC(=O)CCS(=O)(=O)Cc1ccc(Cl)c(Cl)c1. The third kappa shape index (κ3) is 6.33. The summed E-state index contributed by atoms with van der Waals surface area (Å²) in [7, 11) is -2.15. The molecule has 3 amide bonds. The first-order valence-corrected chi connectivity index (χ1v) is 8.47. The second kappa shape index (κ2) is 7.63. The molecule has 2 N–H and O–H groups in total. The number of urea groups is 1. The van der Waals surface area contributed by atoms with Gasteiger partial charge >= 0.3 is 6.03 Å². The number of rotatable bonds is 5. The van der Waals surface area contributed by atoms with Gasteiger partial charge in [-0.2, -0.15) is 0 Å². The van der Waals surface area contributed by atoms with Crippen molar-refractivity contribution in [1.82, 2.24) is 10.6 Å². The highest BCUT2D eigenvalue weighted by Gasteiger charge is 2.16. The summed E-state index contributed by atoms with van der Waals surface area (Å²) in [4.78, 5) is 22.2. The zero-order valence-corrected chi connectivity index (χ0v) is 13.5. The quantitative estimate of drug-likeness (QED) is 0.844. The lowest BCUT2D eigenvalue weighted by atomic mass is 10.2. The van der Waals surface area contributed by atoms with Crippen LogP contribution in [0.1, 0.15) is 12.0 Å². The summed E-state index contributed by atoms with van der Waals surface area (Å²) in [5, 5.41) is 4.79. The Balaban J connectivity index is 2.59. The molecule has 0 fully saturated rings. The predicted molar refractivity (Wildman–Crippen MR) is 81.2 cm³/mol. The molecule has 0 aliphatic carbocycles. The van der Waals surface area contributed by atoms with Crippen LogP contribution in [0.3, 0.4) is 0 Å². The Morgan fingerprint density at radius 1 is 1.19 bits per heavy atom. The Morgan fingerprint density at radius 2 is 1.86 bits per heavy atom. The van der Waals surface area contributed by atoms with E-state index in [1.165, 1.54) is 19.2 Å². The Bertz CT molecular complexity index is 647. The smallest absolute Gasteiger partial charge is 0.321 e. The van der Waals surface area contributed by atoms with Crippen molar-refractivity contribution in [1.29, 1.82) is 0 Å². The minimum Gasteiger partial charge on any atom is -0.341 e. The maximum absolute atomic E-state index is 11.9. The van der Waals surface area contributed by atoms with Crippen LogP contribution in [0.4, 0.5) is 4.79 Å². The van der Waals surface area contributed by atoms with Gasteiger partial charge in [0.15, 0.2) is 9.84 Å². The fourth-order valence-corrected chi connectivity index (χ4v) is 3.10. The Labute approximate surface area is 132 Å². The van der Waals surface area contributed by atoms with Crippen LogP contribution < -0.4 is 10.6 Å². The number of amides is 3. The summed E-state index contributed by atoms with van der Waals surface area (Å²) in [6.45, 7) is 0. The van der Waals surface area contributed by atoms with Crippen molar-refractivity contribution in [3.05, 3.63) is 33.8 Å². The zero-order chi connectivity index (χ0) is 16.0. The van der Waals surface area contributed by atoms with Crippen molar-refractivity contribution in [3.63, 3.8) is 0 Å². The standard InChI is InChI=1S/C12H14Cl2N2O4S/c1-15-12(18)16-11(17)4-5-21(19,20)7-8-2-3-9(13)10(14)6-8/h2-3,6H,4-5,7H2,1H3,(H2,15,16,17,18). The number of halogens is 2. The van der Waals surface area contributed by atoms with E-state index in [9.17, 15) is 18.0 Å². The summed E-state index contributed by atoms with van der Waals surface area (Å²) in [5.74, 6) is -1.28. The zero-order valence-electron chi connectivity index (χ0n) is 11.2. The van der Waals surface area contributed by atoms with Gasteiger partial charge in [0.25, 0.3) is 0 Å². The number of hydrogen-bond donors (Lipinski definition) is 2. The van der Waals surface area contributed by atoms with Gasteiger partial charge in [-0.15, -0.1) is 0 Å². The van der Waals surface area contributed by atoms with Crippen LogP contribution in [-0.4, -0.2) is 33.2 Å². The average molecular weight is 353 g/mol. The molecule has 1 aromatic rings. The Morgan fingerprint density at radius 3 is 2.43 bits per heavy atom. The second-order valence-electron chi connectivity index (χ2n) is 4.22. The first-order valence-electron chi connectivity index (χ1n) is 5.89. The van der Waals surface area contributed by atoms with Crippen molar-refractivity contribution in [2.75, 3.05) is 12.8 Å². The van der Waals surface area contributed by atoms with Gasteiger partial charge in [0.2, 0.25) is 5.91 Å². The Kier molecular flexibility index (Phi) is 6.44. The van der Waals surface area contributed by atoms with E-state index in [0.29, 0.717) is 10.6 Å². The largest absolute Gasteiger partial charge is 0.341 e. The molecule has 116 valence electrons. The minimum atomic E-state index is -3.50. The number of hydrogen-bond acceptors (Lipinski definition) is 4. The molecule has 0 heterocycles. The highest BCUT2D eigenvalue weighted by Crippen LogP contribution is 2.23. The van der Waals surface area contributed by atoms with E-state index >= 15 is 0 Å². The monoisotopic (exact) mass is 352 g/mol. The molecule has 0 bridgehead atoms. The maximum atomic E-state index is 11.9. The third-order valence-corrected chi connectivity index (χ3v) is 4.83. The van der Waals surface area contributed by atoms with Crippen molar-refractivity contribution in [2.45, 2.75) is 12.2 Å². The van der Waals surface area contributed by atoms with Crippen LogP contribution in [0.15, 0.2) is 18.2 Å². The molecule has 0 spiro atoms. The van der Waals surface area contributed by atoms with Gasteiger partial charge in [-0.1, -0.05) is 29.3 Å². The maximum Gasteiger partial charge on any atom is 0.321 e. The topological polar surface area (TPSA) is 92.3 Å². The lowest BCUT2D eigenvalue weighted by Crippen LogP contribution is -2.38. The van der Waals surface area contributed by atoms with Crippen molar-refractivity contribution < 1.29 is 18.0 Å². The molecule has 0 aliphatic rings. The van der Waals surface area contributed by atoms with Crippen molar-refractivity contribution >= 4 is 45.0 Å². The van der Waals surface area contributed by atoms with Gasteiger partial charge in [0.05, 0.1) is 21.6 Å². The highest BCUT2D eigenvalue weighted by molar-refractivity contribution is 7.90. The van der Waals surface area contributed by atoms with Crippen LogP contribution in [0.5, 0.6) is 0 Å². The van der Waals surface area contributed by atoms with E-state index in [2.05, 4.69) is 5.32 Å². The molecule has 0 unspecified atom stereocenters. The molecule has 0 aromatic heterocycles. The molecule has 0 radical (unpaired) electrons. The average Bonchev–Trinajstić information content (AvgIpc) is 2.40. The third-order valence-electron chi connectivity index (χ3n) is 2.49. The molecular weight excluding hydrogens is 339 g/mol. The molecule has 1 rings (SSSR count). The van der Waals surface area contributed by atoms with Gasteiger partial charge in [0.1, 0.15) is 0 Å². The van der Waals surface area contributed by atoms with Crippen molar-refractivity contribution in [2.24, 2.45) is 0 Å². The Hall–Kier alpha value is -1.31. The van der Waals surface area contributed by atoms with Gasteiger partial charge in [0, 0.05) is 13.5 Å². The normalized spacial score (nSPS) is 11.0. The fraction of sp³-hybridized carbons (Fsp3) is 0.333. The van der Waals surface area contributed by atoms with Crippen LogP contribution in [-0.2, 0) is 20.4 Å². The first-order chi connectivity index (χ1) is 9.73. The second-order valence-corrected chi connectivity index (χ2v) is 7.22. The number of carbonyl (C=O) groups excluding carboxylic acids is 2. The lowest BCUT2D eigenvalue weighted by molar-refractivity contribution is -0.119. The molecule has 6 nitrogen and oxygen atoms in total. The summed E-state index contributed by atoms with van der Waals surface area (Å²) < 4.78 is 23.8. The predicted octanol–water partition coefficient (Wildman–Crippen LogP) is 1.75. The van der Waals surface area contributed by atoms with E-state index in [1.54, 1.807) is 6.07 Å². The molecule has 1 aromatic carbocycles. The number of carbonyl (C=O) groups is 2. The molecule has 0 aliphatic heterocycles. The van der Waals surface area contributed by atoms with Gasteiger partial charge in [-0.25, -0.2) is 13.2 Å². The highest BCUT2D eigenvalue weighted by atomic mass is 35.5. The molecule has 9 heteroatoms. The van der Waals surface area contributed by atoms with E-state index in [1.807, 2.05) is 5.32 Å². The number of benzene rings is 1. The summed E-state index contributed by atoms with van der Waals surface area (Å²) in [6, 6.07) is 3.84. The number of nitrogens with one attached hydrogen (secondary N) is 2. The fourth-order valence-electron chi connectivity index (χ4n) is 1.46. The summed E-state index contributed by atoms with van der Waals surface area (Å²) >= 11 is 11.6. The van der Waals surface area contributed by atoms with E-state index in [-0.39, 0.29) is 22.9 Å². The van der Waals surface area contributed by atoms with Gasteiger partial charge in [-0.3, -0.25) is 10.1 Å². The van der Waals surface area contributed by atoms with E-state index in [0.717, 1.165) is 0 Å². The minimum absolute atomic E-state index is 0.253. The summed E-state index contributed by atoms with van der Waals surface area (Å²) in [6.07, 6.45) is -0.295. The van der Waals surface area contributed by atoms with E-state index in [4.69, 9.17) is 23.2 Å². The van der Waals surface area contributed by atoms with Crippen LogP contribution in [0, 0.1) is 0 Å². The van der Waals surface area contributed by atoms with E-state index < -0.39 is 21.8 Å². The number of sulfone groups is 1. The van der Waals surface area contributed by atoms with Gasteiger partial charge < -0.3 is 5.32 Å². The lowest BCUT2D eigenvalue weighted by Gasteiger charge is -2.06. The molecule has 0 atom stereocenters. The van der Waals surface area contributed by atoms with Gasteiger partial charge in [-0.05, 0) is 17.7 Å².